The van der Waals surface area contributed by atoms with E-state index in [-0.39, 0.29) is 0 Å². The second-order valence-electron chi connectivity index (χ2n) is 1.88. The Hall–Kier alpha value is -1.31. The van der Waals surface area contributed by atoms with Crippen LogP contribution in [0.2, 0.25) is 0 Å². The van der Waals surface area contributed by atoms with E-state index in [0.29, 0.717) is 0 Å². The van der Waals surface area contributed by atoms with Crippen LogP contribution in [0.25, 0.3) is 0 Å². The van der Waals surface area contributed by atoms with E-state index in [1.165, 1.54) is 0 Å². The lowest BCUT2D eigenvalue weighted by Crippen LogP contribution is -2.11. The first kappa shape index (κ1) is 10.7. The first-order valence-corrected chi connectivity index (χ1v) is 4.15. The van der Waals surface area contributed by atoms with E-state index in [4.69, 9.17) is 0 Å². The molecular weight excluding hydrogens is 148 g/mol. The third-order valence-corrected chi connectivity index (χ3v) is 1.31. The van der Waals surface area contributed by atoms with Gasteiger partial charge in [-0.1, -0.05) is 26.5 Å². The van der Waals surface area contributed by atoms with Gasteiger partial charge in [-0.25, -0.2) is 0 Å². The van der Waals surface area contributed by atoms with Crippen molar-refractivity contribution in [2.45, 2.75) is 20.8 Å². The van der Waals surface area contributed by atoms with Gasteiger partial charge in [-0.15, -0.1) is 0 Å². The molecule has 1 rings (SSSR count). The normalized spacial score (nSPS) is 17.2. The summed E-state index contributed by atoms with van der Waals surface area (Å²) in [6.07, 6.45) is 9.12. The second-order valence-corrected chi connectivity index (χ2v) is 1.88. The molecule has 0 N–H and O–H groups in total. The maximum atomic E-state index is 3.96. The summed E-state index contributed by atoms with van der Waals surface area (Å²) in [5, 5.41) is 0. The van der Waals surface area contributed by atoms with Gasteiger partial charge in [0.25, 0.3) is 0 Å². The lowest BCUT2D eigenvalue weighted by molar-refractivity contribution is 0.658. The molecule has 0 fully saturated rings. The minimum absolute atomic E-state index is 1.05. The Bertz CT molecular complexity index is 212. The fourth-order valence-electron chi connectivity index (χ4n) is 0.772. The maximum absolute atomic E-state index is 3.96. The fourth-order valence-corrected chi connectivity index (χ4v) is 0.772. The molecule has 0 aliphatic carbocycles. The van der Waals surface area contributed by atoms with Crippen molar-refractivity contribution >= 4 is 6.21 Å². The fraction of sp³-hybridized carbons (Fsp3) is 0.300. The molecule has 0 atom stereocenters. The first-order valence-electron chi connectivity index (χ1n) is 4.15. The summed E-state index contributed by atoms with van der Waals surface area (Å²) in [5.74, 6) is 0. The number of allylic oxidation sites excluding steroid dienone is 2. The summed E-state index contributed by atoms with van der Waals surface area (Å²) >= 11 is 0. The van der Waals surface area contributed by atoms with Crippen LogP contribution in [0.1, 0.15) is 20.8 Å². The van der Waals surface area contributed by atoms with Crippen molar-refractivity contribution < 1.29 is 0 Å². The van der Waals surface area contributed by atoms with E-state index in [1.54, 1.807) is 18.6 Å². The van der Waals surface area contributed by atoms with Crippen LogP contribution in [0.5, 0.6) is 0 Å². The smallest absolute Gasteiger partial charge is 0.0590 e. The van der Waals surface area contributed by atoms with Gasteiger partial charge in [0.15, 0.2) is 0 Å². The molecule has 0 saturated carbocycles. The Morgan fingerprint density at radius 3 is 2.58 bits per heavy atom. The van der Waals surface area contributed by atoms with E-state index < -0.39 is 0 Å². The Kier molecular flexibility index (Phi) is 5.70. The molecule has 1 heterocycles. The maximum Gasteiger partial charge on any atom is 0.0590 e. The number of hydrogen-bond acceptors (Lipinski definition) is 2. The average molecular weight is 164 g/mol. The Morgan fingerprint density at radius 2 is 2.17 bits per heavy atom. The van der Waals surface area contributed by atoms with Crippen LogP contribution < -0.4 is 0 Å². The third-order valence-electron chi connectivity index (χ3n) is 1.31. The highest BCUT2D eigenvalue weighted by atomic mass is 15.1. The highest BCUT2D eigenvalue weighted by molar-refractivity contribution is 5.79. The molecule has 2 nitrogen and oxygen atoms in total. The Labute approximate surface area is 74.6 Å². The summed E-state index contributed by atoms with van der Waals surface area (Å²) in [4.78, 5) is 5.87. The summed E-state index contributed by atoms with van der Waals surface area (Å²) in [6, 6.07) is 0. The molecule has 66 valence electrons. The van der Waals surface area contributed by atoms with Crippen LogP contribution >= 0.6 is 0 Å². The van der Waals surface area contributed by atoms with E-state index >= 15 is 0 Å². The molecule has 1 aliphatic rings. The van der Waals surface area contributed by atoms with Gasteiger partial charge in [-0.3, -0.25) is 4.99 Å². The van der Waals surface area contributed by atoms with Crippen LogP contribution in [-0.2, 0) is 0 Å². The number of rotatable bonds is 1. The quantitative estimate of drug-likeness (QED) is 0.581. The predicted octanol–water partition coefficient (Wildman–Crippen LogP) is 2.92. The van der Waals surface area contributed by atoms with Crippen LogP contribution in [0.4, 0.5) is 0 Å². The predicted molar refractivity (Wildman–Crippen MR) is 54.8 cm³/mol. The lowest BCUT2D eigenvalue weighted by atomic mass is 10.4. The molecule has 0 spiro atoms. The van der Waals surface area contributed by atoms with Gasteiger partial charge in [0.05, 0.1) is 11.9 Å². The van der Waals surface area contributed by atoms with Gasteiger partial charge >= 0.3 is 0 Å². The molecule has 0 saturated heterocycles. The molecule has 0 unspecified atom stereocenters. The molecule has 0 aromatic carbocycles. The highest BCUT2D eigenvalue weighted by Gasteiger charge is 1.99. The average Bonchev–Trinajstić information content (AvgIpc) is 2.20. The molecule has 0 aromatic rings. The molecule has 2 heteroatoms. The second kappa shape index (κ2) is 6.40. The van der Waals surface area contributed by atoms with Crippen molar-refractivity contribution in [1.82, 2.24) is 4.90 Å². The molecule has 0 aromatic heterocycles. The number of hydrogen-bond donors (Lipinski definition) is 0. The summed E-state index contributed by atoms with van der Waals surface area (Å²) in [5.41, 5.74) is 1.05. The number of nitrogens with zero attached hydrogens (tertiary/aromatic N) is 2. The minimum atomic E-state index is 1.05. The zero-order valence-electron chi connectivity index (χ0n) is 7.99. The van der Waals surface area contributed by atoms with Gasteiger partial charge < -0.3 is 4.90 Å². The van der Waals surface area contributed by atoms with E-state index in [2.05, 4.69) is 11.6 Å². The molecule has 0 bridgehead atoms. The lowest BCUT2D eigenvalue weighted by Gasteiger charge is -2.16. The van der Waals surface area contributed by atoms with Crippen molar-refractivity contribution in [2.24, 2.45) is 4.99 Å². The largest absolute Gasteiger partial charge is 0.322 e. The van der Waals surface area contributed by atoms with Crippen molar-refractivity contribution in [1.29, 1.82) is 0 Å². The summed E-state index contributed by atoms with van der Waals surface area (Å²) in [6.45, 7) is 9.62. The molecule has 1 aliphatic heterocycles. The monoisotopic (exact) mass is 164 g/mol. The molecule has 12 heavy (non-hydrogen) atoms. The van der Waals surface area contributed by atoms with E-state index in [1.807, 2.05) is 37.9 Å². The Morgan fingerprint density at radius 1 is 1.50 bits per heavy atom. The van der Waals surface area contributed by atoms with Crippen LogP contribution in [0, 0.1) is 0 Å². The Balaban J connectivity index is 0.000000561. The first-order chi connectivity index (χ1) is 5.88. The van der Waals surface area contributed by atoms with Crippen LogP contribution in [0.15, 0.2) is 41.9 Å². The van der Waals surface area contributed by atoms with Gasteiger partial charge in [0.2, 0.25) is 0 Å². The van der Waals surface area contributed by atoms with Crippen molar-refractivity contribution in [3.05, 3.63) is 37.0 Å². The van der Waals surface area contributed by atoms with Crippen LogP contribution in [-0.4, -0.2) is 11.1 Å². The van der Waals surface area contributed by atoms with Crippen molar-refractivity contribution in [3.63, 3.8) is 0 Å². The summed E-state index contributed by atoms with van der Waals surface area (Å²) in [7, 11) is 0. The van der Waals surface area contributed by atoms with Gasteiger partial charge in [-0.2, -0.15) is 0 Å². The minimum Gasteiger partial charge on any atom is -0.322 e. The van der Waals surface area contributed by atoms with E-state index in [0.717, 1.165) is 5.70 Å². The van der Waals surface area contributed by atoms with Gasteiger partial charge in [0.1, 0.15) is 0 Å². The van der Waals surface area contributed by atoms with Gasteiger partial charge in [0, 0.05) is 18.6 Å². The van der Waals surface area contributed by atoms with Crippen LogP contribution in [0.3, 0.4) is 0 Å². The standard InChI is InChI=1S/C8H10N2.C2H6/c1-3-8-7-9-5-6-10(8)4-2;1-2/h3-7H,2H2,1H3;1-2H3/b8-3-;. The zero-order valence-corrected chi connectivity index (χ0v) is 7.99. The summed E-state index contributed by atoms with van der Waals surface area (Å²) < 4.78 is 0. The van der Waals surface area contributed by atoms with E-state index in [9.17, 15) is 0 Å². The molecular formula is C10H16N2. The highest BCUT2D eigenvalue weighted by Crippen LogP contribution is 2.06. The molecule has 0 radical (unpaired) electrons. The number of aliphatic imine (C=N–C) groups is 1. The van der Waals surface area contributed by atoms with Crippen molar-refractivity contribution in [2.75, 3.05) is 0 Å². The van der Waals surface area contributed by atoms with Gasteiger partial charge in [-0.05, 0) is 6.92 Å². The topological polar surface area (TPSA) is 15.6 Å². The van der Waals surface area contributed by atoms with Crippen molar-refractivity contribution in [3.8, 4) is 0 Å². The SMILES string of the molecule is C=CN1C=CN=C/C1=C/C.CC. The third kappa shape index (κ3) is 2.74. The molecule has 0 amide bonds. The zero-order chi connectivity index (χ0) is 9.40.